The number of hydrogen-bond acceptors (Lipinski definition) is 3. The van der Waals surface area contributed by atoms with Gasteiger partial charge in [0.05, 0.1) is 12.1 Å². The minimum Gasteiger partial charge on any atom is -0.356 e. The summed E-state index contributed by atoms with van der Waals surface area (Å²) in [6.07, 6.45) is 0.135. The molecule has 0 aliphatic rings. The van der Waals surface area contributed by atoms with Crippen LogP contribution in [0.15, 0.2) is 59.1 Å². The summed E-state index contributed by atoms with van der Waals surface area (Å²) in [5.74, 6) is 0.0693. The highest BCUT2D eigenvalue weighted by atomic mass is 19.1. The van der Waals surface area contributed by atoms with Gasteiger partial charge >= 0.3 is 0 Å². The third-order valence-corrected chi connectivity index (χ3v) is 3.64. The predicted octanol–water partition coefficient (Wildman–Crippen LogP) is 3.65. The molecule has 0 unspecified atom stereocenters. The number of halogens is 1. The molecule has 0 saturated heterocycles. The van der Waals surface area contributed by atoms with Crippen molar-refractivity contribution in [3.05, 3.63) is 77.2 Å². The maximum Gasteiger partial charge on any atom is 0.226 e. The molecule has 0 aliphatic heterocycles. The topological polar surface area (TPSA) is 55.1 Å². The summed E-state index contributed by atoms with van der Waals surface area (Å²) in [6, 6.07) is 15.6. The molecule has 1 amide bonds. The lowest BCUT2D eigenvalue weighted by Gasteiger charge is -2.04. The van der Waals surface area contributed by atoms with Crippen LogP contribution in [0.4, 0.5) is 4.39 Å². The van der Waals surface area contributed by atoms with Gasteiger partial charge in [-0.15, -0.1) is 0 Å². The summed E-state index contributed by atoms with van der Waals surface area (Å²) < 4.78 is 18.1. The van der Waals surface area contributed by atoms with Crippen molar-refractivity contribution >= 4 is 5.91 Å². The minimum absolute atomic E-state index is 0.130. The smallest absolute Gasteiger partial charge is 0.226 e. The third-order valence-electron chi connectivity index (χ3n) is 3.64. The Bertz CT molecular complexity index is 823. The van der Waals surface area contributed by atoms with Gasteiger partial charge in [0, 0.05) is 18.2 Å². The first-order valence-corrected chi connectivity index (χ1v) is 7.64. The number of carbonyl (C=O) groups is 1. The van der Waals surface area contributed by atoms with Crippen molar-refractivity contribution in [2.24, 2.45) is 0 Å². The average Bonchev–Trinajstić information content (AvgIpc) is 3.03. The Morgan fingerprint density at radius 3 is 2.54 bits per heavy atom. The highest BCUT2D eigenvalue weighted by Gasteiger charge is 2.10. The number of rotatable bonds is 5. The Balaban J connectivity index is 1.57. The molecular formula is C19H17FN2O2. The molecule has 122 valence electrons. The largest absolute Gasteiger partial charge is 0.356 e. The summed E-state index contributed by atoms with van der Waals surface area (Å²) in [7, 11) is 0. The van der Waals surface area contributed by atoms with E-state index in [-0.39, 0.29) is 18.1 Å². The van der Waals surface area contributed by atoms with E-state index in [9.17, 15) is 9.18 Å². The van der Waals surface area contributed by atoms with Gasteiger partial charge in [-0.25, -0.2) is 4.39 Å². The van der Waals surface area contributed by atoms with Crippen LogP contribution in [0.2, 0.25) is 0 Å². The molecule has 24 heavy (non-hydrogen) atoms. The lowest BCUT2D eigenvalue weighted by molar-refractivity contribution is -0.120. The van der Waals surface area contributed by atoms with Gasteiger partial charge in [0.1, 0.15) is 5.82 Å². The molecule has 0 saturated carbocycles. The molecule has 0 radical (unpaired) electrons. The van der Waals surface area contributed by atoms with Crippen LogP contribution in [-0.2, 0) is 17.8 Å². The number of aromatic nitrogens is 1. The SMILES string of the molecule is Cc1ccc(CNC(=O)Cc2cc(-c3ccc(F)cc3)on2)cc1. The molecule has 0 fully saturated rings. The molecule has 1 heterocycles. The average molecular weight is 324 g/mol. The van der Waals surface area contributed by atoms with Gasteiger partial charge in [-0.3, -0.25) is 4.79 Å². The van der Waals surface area contributed by atoms with E-state index in [1.54, 1.807) is 18.2 Å². The molecule has 5 heteroatoms. The molecule has 3 aromatic rings. The Hall–Kier alpha value is -2.95. The van der Waals surface area contributed by atoms with Crippen LogP contribution in [0, 0.1) is 12.7 Å². The lowest BCUT2D eigenvalue weighted by Crippen LogP contribution is -2.24. The molecular weight excluding hydrogens is 307 g/mol. The van der Waals surface area contributed by atoms with Crippen LogP contribution in [0.5, 0.6) is 0 Å². The number of carbonyl (C=O) groups excluding carboxylic acids is 1. The maximum atomic E-state index is 12.9. The molecule has 0 atom stereocenters. The fourth-order valence-corrected chi connectivity index (χ4v) is 2.28. The number of nitrogens with one attached hydrogen (secondary N) is 1. The van der Waals surface area contributed by atoms with E-state index in [4.69, 9.17) is 4.52 Å². The third kappa shape index (κ3) is 4.07. The van der Waals surface area contributed by atoms with E-state index < -0.39 is 0 Å². The maximum absolute atomic E-state index is 12.9. The van der Waals surface area contributed by atoms with Crippen molar-refractivity contribution in [1.29, 1.82) is 0 Å². The van der Waals surface area contributed by atoms with E-state index in [0.29, 0.717) is 18.0 Å². The Morgan fingerprint density at radius 1 is 1.12 bits per heavy atom. The zero-order chi connectivity index (χ0) is 16.9. The molecule has 0 bridgehead atoms. The van der Waals surface area contributed by atoms with E-state index in [1.165, 1.54) is 17.7 Å². The van der Waals surface area contributed by atoms with Gasteiger partial charge in [-0.2, -0.15) is 0 Å². The second-order valence-corrected chi connectivity index (χ2v) is 5.63. The molecule has 4 nitrogen and oxygen atoms in total. The van der Waals surface area contributed by atoms with Gasteiger partial charge < -0.3 is 9.84 Å². The Kier molecular flexibility index (Phi) is 4.70. The standard InChI is InChI=1S/C19H17FN2O2/c1-13-2-4-14(5-3-13)12-21-19(23)11-17-10-18(24-22-17)15-6-8-16(20)9-7-15/h2-10H,11-12H2,1H3,(H,21,23). The van der Waals surface area contributed by atoms with Crippen molar-refractivity contribution in [3.8, 4) is 11.3 Å². The molecule has 2 aromatic carbocycles. The normalized spacial score (nSPS) is 10.6. The van der Waals surface area contributed by atoms with Crippen LogP contribution in [0.25, 0.3) is 11.3 Å². The van der Waals surface area contributed by atoms with Crippen molar-refractivity contribution in [1.82, 2.24) is 10.5 Å². The second-order valence-electron chi connectivity index (χ2n) is 5.63. The van der Waals surface area contributed by atoms with Crippen molar-refractivity contribution in [3.63, 3.8) is 0 Å². The van der Waals surface area contributed by atoms with Crippen molar-refractivity contribution in [2.75, 3.05) is 0 Å². The van der Waals surface area contributed by atoms with Gasteiger partial charge in [-0.05, 0) is 36.8 Å². The fraction of sp³-hybridized carbons (Fsp3) is 0.158. The number of aryl methyl sites for hydroxylation is 1. The van der Waals surface area contributed by atoms with Gasteiger partial charge in [-0.1, -0.05) is 35.0 Å². The molecule has 0 spiro atoms. The molecule has 0 aliphatic carbocycles. The Morgan fingerprint density at radius 2 is 1.83 bits per heavy atom. The van der Waals surface area contributed by atoms with Crippen LogP contribution < -0.4 is 5.32 Å². The summed E-state index contributed by atoms with van der Waals surface area (Å²) in [6.45, 7) is 2.49. The van der Waals surface area contributed by atoms with Crippen LogP contribution >= 0.6 is 0 Å². The first-order chi connectivity index (χ1) is 11.6. The molecule has 1 aromatic heterocycles. The number of nitrogens with zero attached hydrogens (tertiary/aromatic N) is 1. The van der Waals surface area contributed by atoms with Gasteiger partial charge in [0.2, 0.25) is 5.91 Å². The summed E-state index contributed by atoms with van der Waals surface area (Å²) >= 11 is 0. The molecule has 1 N–H and O–H groups in total. The summed E-state index contributed by atoms with van der Waals surface area (Å²) in [5.41, 5.74) is 3.48. The lowest BCUT2D eigenvalue weighted by atomic mass is 10.1. The van der Waals surface area contributed by atoms with Crippen molar-refractivity contribution in [2.45, 2.75) is 19.9 Å². The number of hydrogen-bond donors (Lipinski definition) is 1. The molecule has 3 rings (SSSR count). The van der Waals surface area contributed by atoms with Crippen molar-refractivity contribution < 1.29 is 13.7 Å². The van der Waals surface area contributed by atoms with E-state index in [1.807, 2.05) is 31.2 Å². The quantitative estimate of drug-likeness (QED) is 0.779. The predicted molar refractivity (Wildman–Crippen MR) is 88.6 cm³/mol. The highest BCUT2D eigenvalue weighted by Crippen LogP contribution is 2.20. The second kappa shape index (κ2) is 7.08. The van der Waals surface area contributed by atoms with Crippen LogP contribution in [-0.4, -0.2) is 11.1 Å². The summed E-state index contributed by atoms with van der Waals surface area (Å²) in [4.78, 5) is 12.0. The minimum atomic E-state index is -0.311. The summed E-state index contributed by atoms with van der Waals surface area (Å²) in [5, 5.41) is 6.75. The first kappa shape index (κ1) is 15.9. The van der Waals surface area contributed by atoms with Crippen LogP contribution in [0.3, 0.4) is 0 Å². The number of amides is 1. The van der Waals surface area contributed by atoms with Gasteiger partial charge in [0.15, 0.2) is 5.76 Å². The van der Waals surface area contributed by atoms with E-state index in [2.05, 4.69) is 10.5 Å². The number of benzene rings is 2. The zero-order valence-corrected chi connectivity index (χ0v) is 13.3. The first-order valence-electron chi connectivity index (χ1n) is 7.64. The zero-order valence-electron chi connectivity index (χ0n) is 13.3. The fourth-order valence-electron chi connectivity index (χ4n) is 2.28. The highest BCUT2D eigenvalue weighted by molar-refractivity contribution is 5.78. The Labute approximate surface area is 139 Å². The van der Waals surface area contributed by atoms with E-state index in [0.717, 1.165) is 11.1 Å². The van der Waals surface area contributed by atoms with Crippen LogP contribution in [0.1, 0.15) is 16.8 Å². The van der Waals surface area contributed by atoms with E-state index >= 15 is 0 Å². The monoisotopic (exact) mass is 324 g/mol. The van der Waals surface area contributed by atoms with Gasteiger partial charge in [0.25, 0.3) is 0 Å².